The highest BCUT2D eigenvalue weighted by Gasteiger charge is 2.47. The van der Waals surface area contributed by atoms with Crippen LogP contribution in [-0.2, 0) is 16.0 Å². The topological polar surface area (TPSA) is 29.5 Å². The summed E-state index contributed by atoms with van der Waals surface area (Å²) >= 11 is 0. The van der Waals surface area contributed by atoms with Gasteiger partial charge in [-0.3, -0.25) is 4.79 Å². The van der Waals surface area contributed by atoms with Crippen LogP contribution in [0.2, 0.25) is 0 Å². The van der Waals surface area contributed by atoms with Crippen LogP contribution in [0, 0.1) is 17.8 Å². The Morgan fingerprint density at radius 2 is 1.71 bits per heavy atom. The number of likely N-dealkylation sites (tertiary alicyclic amines) is 1. The first-order chi connectivity index (χ1) is 14.6. The standard InChI is InChI=1S/C28H41NO2/c1-8-20(2)25-22(26(30)29-27(3,4)17-12-18-28(29,5)6)15-16-24(31-7)23(25)19-21-13-10-9-11-14-21/h9-11,13-16,20,23,25H,8,12,17-19H2,1-7H3/t20?,23-,25-/m0/s1. The molecule has 0 aromatic heterocycles. The first-order valence-corrected chi connectivity index (χ1v) is 12.0. The summed E-state index contributed by atoms with van der Waals surface area (Å²) in [5.74, 6) is 1.90. The average Bonchev–Trinajstić information content (AvgIpc) is 2.72. The van der Waals surface area contributed by atoms with E-state index in [1.54, 1.807) is 7.11 Å². The van der Waals surface area contributed by atoms with E-state index in [0.717, 1.165) is 37.0 Å². The molecule has 1 amide bonds. The number of allylic oxidation sites excluding steroid dienone is 3. The van der Waals surface area contributed by atoms with Gasteiger partial charge in [0.05, 0.1) is 12.9 Å². The first kappa shape index (κ1) is 23.6. The minimum Gasteiger partial charge on any atom is -0.501 e. The van der Waals surface area contributed by atoms with Crippen LogP contribution >= 0.6 is 0 Å². The van der Waals surface area contributed by atoms with Gasteiger partial charge in [0.2, 0.25) is 0 Å². The molecule has 1 unspecified atom stereocenters. The summed E-state index contributed by atoms with van der Waals surface area (Å²) < 4.78 is 5.85. The predicted molar refractivity (Wildman–Crippen MR) is 129 cm³/mol. The van der Waals surface area contributed by atoms with Crippen LogP contribution in [0.25, 0.3) is 0 Å². The monoisotopic (exact) mass is 423 g/mol. The number of hydrogen-bond donors (Lipinski definition) is 0. The van der Waals surface area contributed by atoms with Crippen molar-refractivity contribution in [1.29, 1.82) is 0 Å². The van der Waals surface area contributed by atoms with E-state index in [2.05, 4.69) is 82.9 Å². The molecular formula is C28H41NO2. The molecule has 0 spiro atoms. The lowest BCUT2D eigenvalue weighted by molar-refractivity contribution is -0.145. The van der Waals surface area contributed by atoms with E-state index in [1.165, 1.54) is 12.0 Å². The zero-order chi connectivity index (χ0) is 22.8. The van der Waals surface area contributed by atoms with E-state index in [-0.39, 0.29) is 28.8 Å². The Morgan fingerprint density at radius 3 is 2.26 bits per heavy atom. The molecule has 1 aliphatic carbocycles. The van der Waals surface area contributed by atoms with Crippen molar-refractivity contribution in [3.8, 4) is 0 Å². The van der Waals surface area contributed by atoms with E-state index in [9.17, 15) is 4.79 Å². The van der Waals surface area contributed by atoms with Crippen molar-refractivity contribution in [1.82, 2.24) is 4.90 Å². The van der Waals surface area contributed by atoms with Crippen molar-refractivity contribution in [2.75, 3.05) is 7.11 Å². The molecule has 3 atom stereocenters. The Hall–Kier alpha value is -2.03. The summed E-state index contributed by atoms with van der Waals surface area (Å²) in [7, 11) is 1.76. The highest BCUT2D eigenvalue weighted by molar-refractivity contribution is 5.96. The number of rotatable bonds is 6. The van der Waals surface area contributed by atoms with Crippen molar-refractivity contribution in [3.05, 3.63) is 59.4 Å². The van der Waals surface area contributed by atoms with Gasteiger partial charge in [-0.25, -0.2) is 0 Å². The number of hydrogen-bond acceptors (Lipinski definition) is 2. The minimum absolute atomic E-state index is 0.139. The van der Waals surface area contributed by atoms with E-state index in [1.807, 2.05) is 6.08 Å². The molecule has 3 rings (SSSR count). The molecule has 1 saturated heterocycles. The van der Waals surface area contributed by atoms with Gasteiger partial charge < -0.3 is 9.64 Å². The van der Waals surface area contributed by atoms with Gasteiger partial charge in [-0.1, -0.05) is 50.6 Å². The zero-order valence-electron chi connectivity index (χ0n) is 20.6. The fourth-order valence-corrected chi connectivity index (χ4v) is 5.96. The maximum atomic E-state index is 14.2. The van der Waals surface area contributed by atoms with Crippen molar-refractivity contribution in [3.63, 3.8) is 0 Å². The molecule has 0 radical (unpaired) electrons. The number of nitrogens with zero attached hydrogens (tertiary/aromatic N) is 1. The maximum absolute atomic E-state index is 14.2. The molecule has 1 fully saturated rings. The van der Waals surface area contributed by atoms with Crippen molar-refractivity contribution >= 4 is 5.91 Å². The lowest BCUT2D eigenvalue weighted by atomic mass is 9.69. The van der Waals surface area contributed by atoms with Gasteiger partial charge in [0.1, 0.15) is 0 Å². The minimum atomic E-state index is -0.139. The summed E-state index contributed by atoms with van der Waals surface area (Å²) in [6.07, 6.45) is 9.29. The van der Waals surface area contributed by atoms with Crippen molar-refractivity contribution in [2.45, 2.75) is 84.7 Å². The number of benzene rings is 1. The lowest BCUT2D eigenvalue weighted by Crippen LogP contribution is -2.62. The number of ether oxygens (including phenoxy) is 1. The van der Waals surface area contributed by atoms with Crippen molar-refractivity contribution in [2.24, 2.45) is 17.8 Å². The fraction of sp³-hybridized carbons (Fsp3) is 0.607. The second kappa shape index (κ2) is 9.22. The molecule has 1 aliphatic heterocycles. The molecule has 31 heavy (non-hydrogen) atoms. The normalized spacial score (nSPS) is 26.0. The third-order valence-corrected chi connectivity index (χ3v) is 7.61. The van der Waals surface area contributed by atoms with Gasteiger partial charge >= 0.3 is 0 Å². The average molecular weight is 424 g/mol. The van der Waals surface area contributed by atoms with Crippen LogP contribution < -0.4 is 0 Å². The molecule has 1 heterocycles. The van der Waals surface area contributed by atoms with Gasteiger partial charge in [0.15, 0.2) is 0 Å². The summed E-state index contributed by atoms with van der Waals surface area (Å²) in [6.45, 7) is 13.4. The summed E-state index contributed by atoms with van der Waals surface area (Å²) in [6, 6.07) is 10.6. The Bertz CT molecular complexity index is 818. The first-order valence-electron chi connectivity index (χ1n) is 12.0. The summed E-state index contributed by atoms with van der Waals surface area (Å²) in [4.78, 5) is 16.4. The second-order valence-electron chi connectivity index (χ2n) is 10.7. The van der Waals surface area contributed by atoms with Gasteiger partial charge in [0.25, 0.3) is 5.91 Å². The van der Waals surface area contributed by atoms with Crippen LogP contribution in [0.15, 0.2) is 53.8 Å². The Balaban J connectivity index is 2.03. The summed E-state index contributed by atoms with van der Waals surface area (Å²) in [5.41, 5.74) is 1.97. The van der Waals surface area contributed by atoms with Crippen LogP contribution in [0.4, 0.5) is 0 Å². The van der Waals surface area contributed by atoms with Crippen LogP contribution in [0.5, 0.6) is 0 Å². The Labute approximate surface area is 189 Å². The van der Waals surface area contributed by atoms with E-state index < -0.39 is 0 Å². The molecule has 2 aliphatic rings. The number of carbonyl (C=O) groups is 1. The SMILES string of the molecule is CCC(C)[C@H]1C(C(=O)N2C(C)(C)CCCC2(C)C)=CC=C(OC)[C@@H]1Cc1ccccc1. The van der Waals surface area contributed by atoms with E-state index in [4.69, 9.17) is 4.74 Å². The van der Waals surface area contributed by atoms with Gasteiger partial charge in [-0.15, -0.1) is 0 Å². The quantitative estimate of drug-likeness (QED) is 0.519. The number of methoxy groups -OCH3 is 1. The van der Waals surface area contributed by atoms with Gasteiger partial charge in [-0.2, -0.15) is 0 Å². The maximum Gasteiger partial charge on any atom is 0.250 e. The predicted octanol–water partition coefficient (Wildman–Crippen LogP) is 6.55. The zero-order valence-corrected chi connectivity index (χ0v) is 20.6. The van der Waals surface area contributed by atoms with Crippen LogP contribution in [0.3, 0.4) is 0 Å². The Kier molecular flexibility index (Phi) is 7.03. The molecular weight excluding hydrogens is 382 g/mol. The van der Waals surface area contributed by atoms with Crippen LogP contribution in [-0.4, -0.2) is 29.0 Å². The third-order valence-electron chi connectivity index (χ3n) is 7.61. The second-order valence-corrected chi connectivity index (χ2v) is 10.7. The third kappa shape index (κ3) is 4.76. The summed E-state index contributed by atoms with van der Waals surface area (Å²) in [5, 5.41) is 0. The molecule has 3 heteroatoms. The number of carbonyl (C=O) groups excluding carboxylic acids is 1. The molecule has 0 bridgehead atoms. The van der Waals surface area contributed by atoms with E-state index in [0.29, 0.717) is 5.92 Å². The van der Waals surface area contributed by atoms with Crippen LogP contribution in [0.1, 0.15) is 72.8 Å². The lowest BCUT2D eigenvalue weighted by Gasteiger charge is -2.54. The van der Waals surface area contributed by atoms with Crippen molar-refractivity contribution < 1.29 is 9.53 Å². The molecule has 170 valence electrons. The molecule has 0 saturated carbocycles. The number of amides is 1. The molecule has 0 N–H and O–H groups in total. The van der Waals surface area contributed by atoms with Gasteiger partial charge in [-0.05, 0) is 77.0 Å². The highest BCUT2D eigenvalue weighted by Crippen LogP contribution is 2.45. The molecule has 1 aromatic carbocycles. The smallest absolute Gasteiger partial charge is 0.250 e. The molecule has 1 aromatic rings. The highest BCUT2D eigenvalue weighted by atomic mass is 16.5. The largest absolute Gasteiger partial charge is 0.501 e. The fourth-order valence-electron chi connectivity index (χ4n) is 5.96. The van der Waals surface area contributed by atoms with Gasteiger partial charge in [0, 0.05) is 28.5 Å². The number of piperidine rings is 1. The van der Waals surface area contributed by atoms with E-state index >= 15 is 0 Å². The molecule has 3 nitrogen and oxygen atoms in total. The Morgan fingerprint density at radius 1 is 1.10 bits per heavy atom.